The summed E-state index contributed by atoms with van der Waals surface area (Å²) in [6.45, 7) is 4.16. The molecule has 1 rings (SSSR count). The third kappa shape index (κ3) is 1.43. The second kappa shape index (κ2) is 3.05. The molecule has 3 nitrogen and oxygen atoms in total. The molecule has 0 unspecified atom stereocenters. The minimum absolute atomic E-state index is 0.214. The highest BCUT2D eigenvalue weighted by atomic mass is 35.5. The fourth-order valence-electron chi connectivity index (χ4n) is 0.773. The highest BCUT2D eigenvalue weighted by Crippen LogP contribution is 2.05. The average molecular weight is 173 g/mol. The predicted molar refractivity (Wildman–Crippen MR) is 43.9 cm³/mol. The summed E-state index contributed by atoms with van der Waals surface area (Å²) >= 11 is 5.69. The van der Waals surface area contributed by atoms with Gasteiger partial charge in [-0.15, -0.1) is 0 Å². The van der Waals surface area contributed by atoms with Gasteiger partial charge in [0.15, 0.2) is 0 Å². The van der Waals surface area contributed by atoms with Gasteiger partial charge in [-0.1, -0.05) is 11.6 Å². The van der Waals surface area contributed by atoms with Gasteiger partial charge < -0.3 is 0 Å². The first-order valence-corrected chi connectivity index (χ1v) is 3.76. The molecule has 0 saturated heterocycles. The van der Waals surface area contributed by atoms with E-state index in [9.17, 15) is 4.79 Å². The lowest BCUT2D eigenvalue weighted by Gasteiger charge is -2.01. The molecule has 0 saturated carbocycles. The predicted octanol–water partition coefficient (Wildman–Crippen LogP) is 1.23. The van der Waals surface area contributed by atoms with Gasteiger partial charge in [0, 0.05) is 6.54 Å². The highest BCUT2D eigenvalue weighted by molar-refractivity contribution is 6.31. The summed E-state index contributed by atoms with van der Waals surface area (Å²) in [7, 11) is 0. The number of hydrogen-bond acceptors (Lipinski definition) is 2. The molecule has 0 fully saturated rings. The van der Waals surface area contributed by atoms with Crippen LogP contribution < -0.4 is 5.56 Å². The van der Waals surface area contributed by atoms with Crippen molar-refractivity contribution in [3.8, 4) is 0 Å². The topological polar surface area (TPSA) is 34.9 Å². The Balaban J connectivity index is 3.37. The van der Waals surface area contributed by atoms with Crippen LogP contribution in [0.1, 0.15) is 12.5 Å². The van der Waals surface area contributed by atoms with Gasteiger partial charge in [-0.2, -0.15) is 5.10 Å². The van der Waals surface area contributed by atoms with Gasteiger partial charge >= 0.3 is 0 Å². The van der Waals surface area contributed by atoms with Gasteiger partial charge in [0.2, 0.25) is 0 Å². The molecule has 1 aromatic heterocycles. The smallest absolute Gasteiger partial charge is 0.266 e. The number of rotatable bonds is 1. The summed E-state index contributed by atoms with van der Waals surface area (Å²) in [6.07, 6.45) is 1.59. The van der Waals surface area contributed by atoms with Crippen molar-refractivity contribution in [1.29, 1.82) is 0 Å². The number of nitrogens with zero attached hydrogens (tertiary/aromatic N) is 2. The summed E-state index contributed by atoms with van der Waals surface area (Å²) in [5.41, 5.74) is 0.510. The molecule has 0 aromatic carbocycles. The number of halogens is 1. The zero-order chi connectivity index (χ0) is 8.43. The molecule has 0 bridgehead atoms. The molecular formula is C7H9ClN2O. The first-order valence-electron chi connectivity index (χ1n) is 3.39. The van der Waals surface area contributed by atoms with Crippen LogP contribution in [0.5, 0.6) is 0 Å². The average Bonchev–Trinajstić information content (AvgIpc) is 2.01. The van der Waals surface area contributed by atoms with Crippen LogP contribution in [-0.2, 0) is 6.54 Å². The van der Waals surface area contributed by atoms with Crippen molar-refractivity contribution < 1.29 is 0 Å². The van der Waals surface area contributed by atoms with Crippen molar-refractivity contribution in [1.82, 2.24) is 9.78 Å². The third-order valence-electron chi connectivity index (χ3n) is 1.46. The Morgan fingerprint density at radius 3 is 2.91 bits per heavy atom. The molecule has 11 heavy (non-hydrogen) atoms. The summed E-state index contributed by atoms with van der Waals surface area (Å²) in [6, 6.07) is 0. The zero-order valence-electron chi connectivity index (χ0n) is 6.47. The van der Waals surface area contributed by atoms with E-state index in [2.05, 4.69) is 5.10 Å². The first-order chi connectivity index (χ1) is 5.16. The monoisotopic (exact) mass is 172 g/mol. The lowest BCUT2D eigenvalue weighted by atomic mass is 10.3. The van der Waals surface area contributed by atoms with Crippen LogP contribution >= 0.6 is 11.6 Å². The zero-order valence-corrected chi connectivity index (χ0v) is 7.22. The Bertz CT molecular complexity index is 319. The number of aromatic nitrogens is 2. The maximum Gasteiger partial charge on any atom is 0.285 e. The molecule has 0 atom stereocenters. The van der Waals surface area contributed by atoms with Crippen LogP contribution in [0.15, 0.2) is 11.0 Å². The van der Waals surface area contributed by atoms with Crippen LogP contribution in [0.3, 0.4) is 0 Å². The Labute approximate surface area is 69.6 Å². The molecule has 0 aliphatic rings. The second-order valence-corrected chi connectivity index (χ2v) is 2.64. The molecule has 1 aromatic rings. The van der Waals surface area contributed by atoms with Gasteiger partial charge in [0.1, 0.15) is 5.02 Å². The van der Waals surface area contributed by atoms with E-state index in [-0.39, 0.29) is 10.6 Å². The van der Waals surface area contributed by atoms with Crippen LogP contribution in [0.4, 0.5) is 0 Å². The van der Waals surface area contributed by atoms with Crippen molar-refractivity contribution in [2.24, 2.45) is 0 Å². The quantitative estimate of drug-likeness (QED) is 0.639. The molecule has 60 valence electrons. The minimum Gasteiger partial charge on any atom is -0.266 e. The van der Waals surface area contributed by atoms with Crippen LogP contribution in [0.2, 0.25) is 5.02 Å². The highest BCUT2D eigenvalue weighted by Gasteiger charge is 2.02. The molecule has 0 aliphatic carbocycles. The van der Waals surface area contributed by atoms with Crippen LogP contribution in [0, 0.1) is 6.92 Å². The van der Waals surface area contributed by atoms with Crippen molar-refractivity contribution in [2.75, 3.05) is 0 Å². The fourth-order valence-corrected chi connectivity index (χ4v) is 0.919. The molecule has 0 aliphatic heterocycles. The lowest BCUT2D eigenvalue weighted by Crippen LogP contribution is -2.22. The van der Waals surface area contributed by atoms with Crippen molar-refractivity contribution in [3.63, 3.8) is 0 Å². The molecule has 4 heteroatoms. The minimum atomic E-state index is -0.214. The van der Waals surface area contributed by atoms with E-state index >= 15 is 0 Å². The Kier molecular flexibility index (Phi) is 2.29. The molecule has 0 N–H and O–H groups in total. The Morgan fingerprint density at radius 2 is 2.36 bits per heavy atom. The SMILES string of the molecule is CCn1ncc(C)c(Cl)c1=O. The van der Waals surface area contributed by atoms with Crippen molar-refractivity contribution in [2.45, 2.75) is 20.4 Å². The molecular weight excluding hydrogens is 164 g/mol. The molecule has 0 amide bonds. The second-order valence-electron chi connectivity index (χ2n) is 2.26. The van der Waals surface area contributed by atoms with Crippen LogP contribution in [-0.4, -0.2) is 9.78 Å². The van der Waals surface area contributed by atoms with Gasteiger partial charge in [-0.25, -0.2) is 4.68 Å². The normalized spacial score (nSPS) is 10.1. The van der Waals surface area contributed by atoms with E-state index < -0.39 is 0 Å². The van der Waals surface area contributed by atoms with E-state index in [0.29, 0.717) is 6.54 Å². The standard InChI is InChI=1S/C7H9ClN2O/c1-3-10-7(11)6(8)5(2)4-9-10/h4H,3H2,1-2H3. The van der Waals surface area contributed by atoms with Gasteiger partial charge in [0.25, 0.3) is 5.56 Å². The van der Waals surface area contributed by atoms with E-state index in [0.717, 1.165) is 5.56 Å². The first kappa shape index (κ1) is 8.27. The van der Waals surface area contributed by atoms with Crippen molar-refractivity contribution >= 4 is 11.6 Å². The molecule has 0 radical (unpaired) electrons. The summed E-state index contributed by atoms with van der Waals surface area (Å²) in [4.78, 5) is 11.2. The van der Waals surface area contributed by atoms with Gasteiger partial charge in [-0.3, -0.25) is 4.79 Å². The van der Waals surface area contributed by atoms with Crippen molar-refractivity contribution in [3.05, 3.63) is 27.1 Å². The Hall–Kier alpha value is -0.830. The van der Waals surface area contributed by atoms with E-state index in [1.165, 1.54) is 4.68 Å². The maximum absolute atomic E-state index is 11.2. The van der Waals surface area contributed by atoms with Gasteiger partial charge in [0.05, 0.1) is 6.20 Å². The lowest BCUT2D eigenvalue weighted by molar-refractivity contribution is 0.613. The van der Waals surface area contributed by atoms with E-state index in [1.807, 2.05) is 6.92 Å². The fraction of sp³-hybridized carbons (Fsp3) is 0.429. The summed E-state index contributed by atoms with van der Waals surface area (Å²) in [5, 5.41) is 4.14. The van der Waals surface area contributed by atoms with E-state index in [1.54, 1.807) is 13.1 Å². The van der Waals surface area contributed by atoms with Crippen LogP contribution in [0.25, 0.3) is 0 Å². The third-order valence-corrected chi connectivity index (χ3v) is 1.92. The molecule has 1 heterocycles. The largest absolute Gasteiger partial charge is 0.285 e. The Morgan fingerprint density at radius 1 is 1.73 bits per heavy atom. The van der Waals surface area contributed by atoms with E-state index in [4.69, 9.17) is 11.6 Å². The number of hydrogen-bond donors (Lipinski definition) is 0. The summed E-state index contributed by atoms with van der Waals surface area (Å²) in [5.74, 6) is 0. The maximum atomic E-state index is 11.2. The molecule has 0 spiro atoms. The summed E-state index contributed by atoms with van der Waals surface area (Å²) < 4.78 is 1.33. The number of aryl methyl sites for hydroxylation is 2. The van der Waals surface area contributed by atoms with Gasteiger partial charge in [-0.05, 0) is 19.4 Å².